The Bertz CT molecular complexity index is 1410. The molecule has 1 saturated heterocycles. The molecule has 34 heavy (non-hydrogen) atoms. The number of thiazole rings is 1. The zero-order valence-electron chi connectivity index (χ0n) is 18.8. The van der Waals surface area contributed by atoms with Crippen molar-refractivity contribution in [2.75, 3.05) is 4.90 Å². The number of aliphatic hydroxyl groups excluding tert-OH is 1. The van der Waals surface area contributed by atoms with Gasteiger partial charge in [-0.1, -0.05) is 58.3 Å². The molecule has 2 aromatic carbocycles. The number of aliphatic hydroxyl groups is 1. The van der Waals surface area contributed by atoms with Crippen LogP contribution in [0, 0.1) is 20.8 Å². The molecule has 3 aromatic rings. The van der Waals surface area contributed by atoms with Gasteiger partial charge in [0.05, 0.1) is 32.2 Å². The second kappa shape index (κ2) is 8.98. The lowest BCUT2D eigenvalue weighted by molar-refractivity contribution is -0.132. The first-order valence-electron chi connectivity index (χ1n) is 10.3. The maximum absolute atomic E-state index is 13.3. The van der Waals surface area contributed by atoms with Crippen molar-refractivity contribution in [3.8, 4) is 0 Å². The summed E-state index contributed by atoms with van der Waals surface area (Å²) in [6, 6.07) is 9.22. The second-order valence-electron chi connectivity index (χ2n) is 8.13. The number of rotatable bonds is 4. The maximum Gasteiger partial charge on any atom is 0.301 e. The molecule has 9 heteroatoms. The Morgan fingerprint density at radius 3 is 2.38 bits per heavy atom. The Hall–Kier alpha value is -3.00. The lowest BCUT2D eigenvalue weighted by Crippen LogP contribution is -2.29. The van der Waals surface area contributed by atoms with Gasteiger partial charge in [-0.3, -0.25) is 19.3 Å². The molecule has 1 amide bonds. The van der Waals surface area contributed by atoms with Gasteiger partial charge in [0.2, 0.25) is 0 Å². The molecule has 1 atom stereocenters. The van der Waals surface area contributed by atoms with Crippen molar-refractivity contribution in [3.05, 3.63) is 84.8 Å². The quantitative estimate of drug-likeness (QED) is 0.193. The van der Waals surface area contributed by atoms with E-state index in [-0.39, 0.29) is 27.3 Å². The van der Waals surface area contributed by atoms with Crippen LogP contribution < -0.4 is 4.90 Å². The van der Waals surface area contributed by atoms with E-state index in [2.05, 4.69) is 4.98 Å². The monoisotopic (exact) mass is 514 g/mol. The molecule has 2 heterocycles. The molecule has 1 aromatic heterocycles. The van der Waals surface area contributed by atoms with Crippen molar-refractivity contribution in [2.45, 2.75) is 33.7 Å². The van der Waals surface area contributed by atoms with Gasteiger partial charge in [-0.15, -0.1) is 0 Å². The van der Waals surface area contributed by atoms with E-state index >= 15 is 0 Å². The smallest absolute Gasteiger partial charge is 0.301 e. The van der Waals surface area contributed by atoms with Crippen LogP contribution in [0.2, 0.25) is 10.0 Å². The number of hydrogen-bond acceptors (Lipinski definition) is 6. The lowest BCUT2D eigenvalue weighted by atomic mass is 9.93. The molecule has 174 valence electrons. The number of nitrogens with zero attached hydrogens (tertiary/aromatic N) is 2. The zero-order chi connectivity index (χ0) is 24.9. The Labute approximate surface area is 210 Å². The fourth-order valence-corrected chi connectivity index (χ4v) is 5.27. The summed E-state index contributed by atoms with van der Waals surface area (Å²) in [6.07, 6.45) is 0. The number of amides is 1. The van der Waals surface area contributed by atoms with Crippen LogP contribution >= 0.6 is 34.5 Å². The van der Waals surface area contributed by atoms with Crippen LogP contribution in [0.15, 0.2) is 42.0 Å². The van der Waals surface area contributed by atoms with Crippen molar-refractivity contribution in [1.82, 2.24) is 4.98 Å². The molecule has 1 unspecified atom stereocenters. The predicted molar refractivity (Wildman–Crippen MR) is 134 cm³/mol. The summed E-state index contributed by atoms with van der Waals surface area (Å²) >= 11 is 13.4. The summed E-state index contributed by atoms with van der Waals surface area (Å²) in [5.74, 6) is -2.20. The normalized spacial score (nSPS) is 17.5. The van der Waals surface area contributed by atoms with Gasteiger partial charge in [0.1, 0.15) is 5.76 Å². The molecule has 0 spiro atoms. The number of hydrogen-bond donors (Lipinski definition) is 1. The van der Waals surface area contributed by atoms with E-state index < -0.39 is 17.7 Å². The number of carbonyl (C=O) groups is 3. The van der Waals surface area contributed by atoms with Gasteiger partial charge in [0.25, 0.3) is 5.78 Å². The van der Waals surface area contributed by atoms with Gasteiger partial charge in [-0.25, -0.2) is 4.98 Å². The maximum atomic E-state index is 13.3. The van der Waals surface area contributed by atoms with Crippen molar-refractivity contribution in [2.24, 2.45) is 0 Å². The first kappa shape index (κ1) is 24.1. The van der Waals surface area contributed by atoms with E-state index in [1.807, 2.05) is 26.0 Å². The van der Waals surface area contributed by atoms with Gasteiger partial charge in [-0.05, 0) is 50.1 Å². The summed E-state index contributed by atoms with van der Waals surface area (Å²) in [7, 11) is 0. The van der Waals surface area contributed by atoms with Crippen molar-refractivity contribution >= 4 is 62.9 Å². The molecule has 0 saturated carbocycles. The van der Waals surface area contributed by atoms with Crippen LogP contribution in [-0.4, -0.2) is 27.6 Å². The molecular weight excluding hydrogens is 495 g/mol. The number of anilines is 1. The molecule has 1 aliphatic rings. The first-order chi connectivity index (χ1) is 16.0. The van der Waals surface area contributed by atoms with E-state index in [4.69, 9.17) is 23.2 Å². The highest BCUT2D eigenvalue weighted by molar-refractivity contribution is 7.18. The summed E-state index contributed by atoms with van der Waals surface area (Å²) < 4.78 is 0. The van der Waals surface area contributed by atoms with E-state index in [1.165, 1.54) is 11.8 Å². The Morgan fingerprint density at radius 2 is 1.76 bits per heavy atom. The fraction of sp³-hybridized carbons (Fsp3) is 0.200. The van der Waals surface area contributed by atoms with Crippen LogP contribution in [0.4, 0.5) is 5.13 Å². The molecule has 0 aliphatic carbocycles. The molecule has 1 N–H and O–H groups in total. The van der Waals surface area contributed by atoms with Crippen LogP contribution in [-0.2, 0) is 9.59 Å². The zero-order valence-corrected chi connectivity index (χ0v) is 21.1. The second-order valence-corrected chi connectivity index (χ2v) is 9.92. The minimum atomic E-state index is -1.01. The largest absolute Gasteiger partial charge is 0.507 e. The molecule has 6 nitrogen and oxygen atoms in total. The Morgan fingerprint density at radius 1 is 1.06 bits per heavy atom. The van der Waals surface area contributed by atoms with E-state index in [9.17, 15) is 19.5 Å². The standard InChI is InChI=1S/C25H20Cl2N2O4S/c1-11-5-6-12(2)16(9-11)21(31)19-20(15-7-8-17(26)18(27)10-15)29(24(33)22(19)32)25-28-13(3)23(34-25)14(4)30/h5-10,20,31H,1-4H3. The van der Waals surface area contributed by atoms with E-state index in [1.54, 1.807) is 31.2 Å². The Kier molecular flexibility index (Phi) is 6.38. The molecule has 1 fully saturated rings. The van der Waals surface area contributed by atoms with Crippen LogP contribution in [0.5, 0.6) is 0 Å². The Balaban J connectivity index is 2.01. The third-order valence-electron chi connectivity index (χ3n) is 5.66. The number of ketones is 2. The number of Topliss-reactive ketones (excluding diaryl/α,β-unsaturated/α-hetero) is 2. The molecule has 1 aliphatic heterocycles. The summed E-state index contributed by atoms with van der Waals surface area (Å²) in [5, 5.41) is 12.1. The molecule has 0 radical (unpaired) electrons. The van der Waals surface area contributed by atoms with Crippen LogP contribution in [0.1, 0.15) is 50.6 Å². The van der Waals surface area contributed by atoms with Crippen molar-refractivity contribution < 1.29 is 19.5 Å². The summed E-state index contributed by atoms with van der Waals surface area (Å²) in [4.78, 5) is 44.6. The summed E-state index contributed by atoms with van der Waals surface area (Å²) in [5.41, 5.74) is 2.91. The van der Waals surface area contributed by atoms with E-state index in [0.29, 0.717) is 26.7 Å². The van der Waals surface area contributed by atoms with Crippen molar-refractivity contribution in [1.29, 1.82) is 0 Å². The van der Waals surface area contributed by atoms with Gasteiger partial charge in [0, 0.05) is 12.5 Å². The lowest BCUT2D eigenvalue weighted by Gasteiger charge is -2.23. The number of aryl methyl sites for hydroxylation is 3. The van der Waals surface area contributed by atoms with Crippen LogP contribution in [0.3, 0.4) is 0 Å². The molecular formula is C25H20Cl2N2O4S. The average Bonchev–Trinajstić information content (AvgIpc) is 3.29. The van der Waals surface area contributed by atoms with E-state index in [0.717, 1.165) is 22.5 Å². The fourth-order valence-electron chi connectivity index (χ4n) is 3.98. The van der Waals surface area contributed by atoms with Gasteiger partial charge < -0.3 is 5.11 Å². The minimum Gasteiger partial charge on any atom is -0.507 e. The third kappa shape index (κ3) is 4.04. The number of halogens is 2. The van der Waals surface area contributed by atoms with Crippen molar-refractivity contribution in [3.63, 3.8) is 0 Å². The average molecular weight is 515 g/mol. The predicted octanol–water partition coefficient (Wildman–Crippen LogP) is 6.20. The molecule has 0 bridgehead atoms. The number of benzene rings is 2. The number of aromatic nitrogens is 1. The minimum absolute atomic E-state index is 0.0886. The highest BCUT2D eigenvalue weighted by Crippen LogP contribution is 2.45. The highest BCUT2D eigenvalue weighted by Gasteiger charge is 2.48. The summed E-state index contributed by atoms with van der Waals surface area (Å²) in [6.45, 7) is 6.75. The highest BCUT2D eigenvalue weighted by atomic mass is 35.5. The van der Waals surface area contributed by atoms with Gasteiger partial charge in [-0.2, -0.15) is 0 Å². The number of carbonyl (C=O) groups excluding carboxylic acids is 3. The van der Waals surface area contributed by atoms with Gasteiger partial charge >= 0.3 is 5.91 Å². The van der Waals surface area contributed by atoms with Crippen LogP contribution in [0.25, 0.3) is 5.76 Å². The topological polar surface area (TPSA) is 87.6 Å². The third-order valence-corrected chi connectivity index (χ3v) is 7.66. The first-order valence-corrected chi connectivity index (χ1v) is 11.9. The van der Waals surface area contributed by atoms with Gasteiger partial charge in [0.15, 0.2) is 10.9 Å². The SMILES string of the molecule is CC(=O)c1sc(N2C(=O)C(=O)C(=C(O)c3cc(C)ccc3C)C2c2ccc(Cl)c(Cl)c2)nc1C. The molecule has 4 rings (SSSR count).